The third kappa shape index (κ3) is 6.66. The van der Waals surface area contributed by atoms with Gasteiger partial charge in [-0.05, 0) is 12.1 Å². The van der Waals surface area contributed by atoms with E-state index >= 15 is 0 Å². The summed E-state index contributed by atoms with van der Waals surface area (Å²) in [6.45, 7) is 0. The highest BCUT2D eigenvalue weighted by Crippen LogP contribution is 2.14. The molecule has 1 aromatic rings. The molecule has 0 aliphatic heterocycles. The van der Waals surface area contributed by atoms with Gasteiger partial charge in [0.2, 0.25) is 0 Å². The molecule has 0 fully saturated rings. The summed E-state index contributed by atoms with van der Waals surface area (Å²) in [5.41, 5.74) is 1.34. The normalized spacial score (nSPS) is 9.31. The molecule has 1 aromatic carbocycles. The molecule has 4 heteroatoms. The highest BCUT2D eigenvalue weighted by Gasteiger charge is 2.08. The Hall–Kier alpha value is 0.620. The van der Waals surface area contributed by atoms with Crippen LogP contribution in [0.3, 0.4) is 0 Å². The van der Waals surface area contributed by atoms with E-state index in [1.54, 1.807) is 0 Å². The van der Waals surface area contributed by atoms with Crippen molar-refractivity contribution in [2.75, 3.05) is 21.1 Å². The Morgan fingerprint density at radius 1 is 0.923 bits per heavy atom. The Balaban J connectivity index is 0. The number of rotatable bonds is 1. The van der Waals surface area contributed by atoms with E-state index in [0.717, 1.165) is 4.48 Å². The zero-order valence-electron chi connectivity index (χ0n) is 7.97. The van der Waals surface area contributed by atoms with Crippen molar-refractivity contribution in [2.45, 2.75) is 0 Å². The van der Waals surface area contributed by atoms with Gasteiger partial charge in [0, 0.05) is 28.3 Å². The van der Waals surface area contributed by atoms with Crippen molar-refractivity contribution in [1.29, 1.82) is 0 Å². The summed E-state index contributed by atoms with van der Waals surface area (Å²) in [6, 6.07) is 10.5. The molecule has 13 heavy (non-hydrogen) atoms. The van der Waals surface area contributed by atoms with Gasteiger partial charge in [0.25, 0.3) is 0 Å². The highest BCUT2D eigenvalue weighted by molar-refractivity contribution is 9.93. The van der Waals surface area contributed by atoms with E-state index in [-0.39, 0.29) is 17.0 Å². The molecular weight excluding hydrogens is 362 g/mol. The zero-order valence-corrected chi connectivity index (χ0v) is 12.7. The monoisotopic (exact) mass is 373 g/mol. The van der Waals surface area contributed by atoms with E-state index in [0.29, 0.717) is 0 Å². The van der Waals surface area contributed by atoms with Crippen molar-refractivity contribution in [3.63, 3.8) is 0 Å². The van der Waals surface area contributed by atoms with Crippen molar-refractivity contribution >= 4 is 33.9 Å². The number of nitrogens with zero attached hydrogens (tertiary/aromatic N) is 1. The van der Waals surface area contributed by atoms with Gasteiger partial charge in [-0.1, -0.05) is 18.2 Å². The van der Waals surface area contributed by atoms with E-state index < -0.39 is 0 Å². The molecule has 0 aliphatic carbocycles. The van der Waals surface area contributed by atoms with Crippen molar-refractivity contribution in [3.8, 4) is 0 Å². The summed E-state index contributed by atoms with van der Waals surface area (Å²) in [7, 11) is 6.49. The molecule has 0 heterocycles. The van der Waals surface area contributed by atoms with E-state index in [9.17, 15) is 0 Å². The second kappa shape index (κ2) is 7.97. The van der Waals surface area contributed by atoms with Crippen LogP contribution >= 0.6 is 28.3 Å². The number of para-hydroxylation sites is 1. The first kappa shape index (κ1) is 16.1. The van der Waals surface area contributed by atoms with Crippen LogP contribution in [0.15, 0.2) is 30.3 Å². The summed E-state index contributed by atoms with van der Waals surface area (Å²) in [5.74, 6) is 0. The van der Waals surface area contributed by atoms with E-state index in [1.165, 1.54) is 5.69 Å². The Morgan fingerprint density at radius 2 is 1.31 bits per heavy atom. The standard InChI is InChI=1S/C9H14N.Br2.BrH/c1-10(2,3)9-7-5-4-6-8-9;1-2;/h4-8H,1-3H3;;1H/q+1;;/p-1. The summed E-state index contributed by atoms with van der Waals surface area (Å²) in [4.78, 5) is 0. The molecule has 0 spiro atoms. The molecule has 0 saturated heterocycles. The maximum absolute atomic E-state index is 2.75. The van der Waals surface area contributed by atoms with Crippen LogP contribution in [0, 0.1) is 0 Å². The molecule has 76 valence electrons. The second-order valence-electron chi connectivity index (χ2n) is 3.35. The van der Waals surface area contributed by atoms with Crippen molar-refractivity contribution in [1.82, 2.24) is 4.48 Å². The summed E-state index contributed by atoms with van der Waals surface area (Å²) in [5, 5.41) is 0. The lowest BCUT2D eigenvalue weighted by molar-refractivity contribution is -0.00000255. The van der Waals surface area contributed by atoms with Gasteiger partial charge in [-0.2, -0.15) is 0 Å². The van der Waals surface area contributed by atoms with Crippen LogP contribution in [0.5, 0.6) is 0 Å². The predicted octanol–water partition coefficient (Wildman–Crippen LogP) is 0.578. The van der Waals surface area contributed by atoms with Gasteiger partial charge in [0.1, 0.15) is 5.69 Å². The van der Waals surface area contributed by atoms with Crippen LogP contribution in [0.25, 0.3) is 0 Å². The molecule has 1 nitrogen and oxygen atoms in total. The van der Waals surface area contributed by atoms with Crippen molar-refractivity contribution < 1.29 is 17.0 Å². The lowest BCUT2D eigenvalue weighted by Gasteiger charge is -2.22. The topological polar surface area (TPSA) is 0 Å². The lowest BCUT2D eigenvalue weighted by Crippen LogP contribution is -3.00. The van der Waals surface area contributed by atoms with Crippen LogP contribution in [0.4, 0.5) is 5.69 Å². The fraction of sp³-hybridized carbons (Fsp3) is 0.333. The SMILES string of the molecule is BrBr.C[N+](C)(C)c1ccccc1.[Br-]. The first-order valence-corrected chi connectivity index (χ1v) is 7.33. The first-order valence-electron chi connectivity index (χ1n) is 3.62. The Morgan fingerprint density at radius 3 is 1.54 bits per heavy atom. The van der Waals surface area contributed by atoms with Gasteiger partial charge in [-0.25, -0.2) is 0 Å². The number of hydrogen-bond donors (Lipinski definition) is 0. The predicted molar refractivity (Wildman–Crippen MR) is 63.9 cm³/mol. The Labute approximate surface area is 106 Å². The van der Waals surface area contributed by atoms with Gasteiger partial charge in [-0.3, -0.25) is 4.48 Å². The van der Waals surface area contributed by atoms with Crippen LogP contribution in [-0.4, -0.2) is 21.1 Å². The molecule has 0 radical (unpaired) electrons. The third-order valence-corrected chi connectivity index (χ3v) is 1.53. The average molecular weight is 376 g/mol. The number of benzene rings is 1. The number of halogens is 3. The van der Waals surface area contributed by atoms with Gasteiger partial charge in [-0.15, -0.1) is 0 Å². The van der Waals surface area contributed by atoms with Crippen LogP contribution < -0.4 is 21.5 Å². The summed E-state index contributed by atoms with van der Waals surface area (Å²) in [6.07, 6.45) is 0. The summed E-state index contributed by atoms with van der Waals surface area (Å²) >= 11 is 5.50. The minimum atomic E-state index is 0. The van der Waals surface area contributed by atoms with E-state index in [4.69, 9.17) is 0 Å². The minimum Gasteiger partial charge on any atom is -1.00 e. The maximum atomic E-state index is 2.75. The highest BCUT2D eigenvalue weighted by atomic mass is 80.9. The zero-order chi connectivity index (χ0) is 9.61. The van der Waals surface area contributed by atoms with Crippen LogP contribution in [-0.2, 0) is 0 Å². The molecule has 0 saturated carbocycles. The van der Waals surface area contributed by atoms with Crippen molar-refractivity contribution in [3.05, 3.63) is 30.3 Å². The molecule has 0 aliphatic rings. The van der Waals surface area contributed by atoms with E-state index in [1.807, 2.05) is 6.07 Å². The number of quaternary nitrogens is 1. The van der Waals surface area contributed by atoms with Gasteiger partial charge >= 0.3 is 0 Å². The Bertz CT molecular complexity index is 206. The molecule has 0 atom stereocenters. The maximum Gasteiger partial charge on any atom is 0.132 e. The van der Waals surface area contributed by atoms with Gasteiger partial charge in [0.15, 0.2) is 0 Å². The molecule has 0 unspecified atom stereocenters. The average Bonchev–Trinajstić information content (AvgIpc) is 2.08. The van der Waals surface area contributed by atoms with E-state index in [2.05, 4.69) is 73.7 Å². The minimum absolute atomic E-state index is 0. The lowest BCUT2D eigenvalue weighted by atomic mass is 10.3. The second-order valence-corrected chi connectivity index (χ2v) is 3.35. The molecule has 0 N–H and O–H groups in total. The Kier molecular flexibility index (Phi) is 9.85. The largest absolute Gasteiger partial charge is 1.00 e. The van der Waals surface area contributed by atoms with Gasteiger partial charge < -0.3 is 17.0 Å². The smallest absolute Gasteiger partial charge is 0.132 e. The van der Waals surface area contributed by atoms with Crippen LogP contribution in [0.1, 0.15) is 0 Å². The molecule has 0 aromatic heterocycles. The fourth-order valence-corrected chi connectivity index (χ4v) is 0.875. The first-order chi connectivity index (χ1) is 5.61. The molecule has 1 rings (SSSR count). The molecular formula is C9H14Br3N. The number of hydrogen-bond acceptors (Lipinski definition) is 0. The molecule has 0 bridgehead atoms. The van der Waals surface area contributed by atoms with Crippen molar-refractivity contribution in [2.24, 2.45) is 0 Å². The quantitative estimate of drug-likeness (QED) is 0.630. The third-order valence-electron chi connectivity index (χ3n) is 1.53. The fourth-order valence-electron chi connectivity index (χ4n) is 0.875. The molecule has 0 amide bonds. The van der Waals surface area contributed by atoms with Crippen LogP contribution in [0.2, 0.25) is 0 Å². The van der Waals surface area contributed by atoms with Gasteiger partial charge in [0.05, 0.1) is 21.1 Å². The summed E-state index contributed by atoms with van der Waals surface area (Å²) < 4.78 is 0.890.